The van der Waals surface area contributed by atoms with E-state index in [1.165, 1.54) is 0 Å². The van der Waals surface area contributed by atoms with E-state index in [2.05, 4.69) is 25.0 Å². The van der Waals surface area contributed by atoms with Gasteiger partial charge in [0.25, 0.3) is 0 Å². The Morgan fingerprint density at radius 1 is 1.07 bits per heavy atom. The lowest BCUT2D eigenvalue weighted by molar-refractivity contribution is 1.33. The number of benzene rings is 1. The van der Waals surface area contributed by atoms with Crippen molar-refractivity contribution in [3.8, 4) is 0 Å². The minimum Gasteiger partial charge on any atom is -0.353 e. The van der Waals surface area contributed by atoms with Gasteiger partial charge in [-0.15, -0.1) is 0 Å². The fraction of sp³-hybridized carbons (Fsp3) is 0. The molecule has 1 heterocycles. The Balaban J connectivity index is 2.85. The van der Waals surface area contributed by atoms with E-state index in [4.69, 9.17) is 11.1 Å². The Labute approximate surface area is 83.6 Å². The lowest BCUT2D eigenvalue weighted by atomic mass is 10.2. The first-order valence-electron chi connectivity index (χ1n) is 4.07. The van der Waals surface area contributed by atoms with E-state index in [0.717, 1.165) is 10.9 Å². The molecule has 7 nitrogen and oxygen atoms in total. The molecule has 1 N–H and O–H groups in total. The number of H-pyrrole nitrogens is 1. The number of nitrogens with one attached hydrogen (secondary N) is 1. The van der Waals surface area contributed by atoms with Crippen molar-refractivity contribution < 1.29 is 0 Å². The molecule has 15 heavy (non-hydrogen) atoms. The zero-order valence-corrected chi connectivity index (χ0v) is 7.49. The summed E-state index contributed by atoms with van der Waals surface area (Å²) < 4.78 is 0. The SMILES string of the molecule is [N-]=[N+]=Nc1[nH]c2ccccc2c1N=[N+]=[N-]. The second-order valence-electron chi connectivity index (χ2n) is 2.75. The largest absolute Gasteiger partial charge is 0.353 e. The maximum Gasteiger partial charge on any atom is 0.113 e. The molecule has 0 unspecified atom stereocenters. The average molecular weight is 199 g/mol. The van der Waals surface area contributed by atoms with Gasteiger partial charge in [0.15, 0.2) is 0 Å². The van der Waals surface area contributed by atoms with Crippen molar-refractivity contribution >= 4 is 22.4 Å². The van der Waals surface area contributed by atoms with Crippen LogP contribution in [-0.2, 0) is 0 Å². The summed E-state index contributed by atoms with van der Waals surface area (Å²) in [5, 5.41) is 7.65. The maximum atomic E-state index is 8.40. The summed E-state index contributed by atoms with van der Waals surface area (Å²) in [6.45, 7) is 0. The number of azide groups is 2. The van der Waals surface area contributed by atoms with Crippen molar-refractivity contribution in [3.63, 3.8) is 0 Å². The molecule has 1 aromatic carbocycles. The second-order valence-corrected chi connectivity index (χ2v) is 2.75. The maximum absolute atomic E-state index is 8.40. The van der Waals surface area contributed by atoms with Gasteiger partial charge in [-0.05, 0) is 22.2 Å². The summed E-state index contributed by atoms with van der Waals surface area (Å²) >= 11 is 0. The van der Waals surface area contributed by atoms with E-state index in [1.807, 2.05) is 18.2 Å². The predicted octanol–water partition coefficient (Wildman–Crippen LogP) is 4.05. The highest BCUT2D eigenvalue weighted by atomic mass is 15.2. The van der Waals surface area contributed by atoms with Gasteiger partial charge in [-0.2, -0.15) is 0 Å². The molecule has 0 fully saturated rings. The van der Waals surface area contributed by atoms with Crippen LogP contribution in [0.3, 0.4) is 0 Å². The quantitative estimate of drug-likeness (QED) is 0.427. The molecule has 7 heteroatoms. The zero-order chi connectivity index (χ0) is 10.7. The van der Waals surface area contributed by atoms with Gasteiger partial charge in [-0.3, -0.25) is 0 Å². The third-order valence-electron chi connectivity index (χ3n) is 1.95. The zero-order valence-electron chi connectivity index (χ0n) is 7.49. The third-order valence-corrected chi connectivity index (χ3v) is 1.95. The first-order chi connectivity index (χ1) is 7.36. The Kier molecular flexibility index (Phi) is 2.17. The number of aromatic amines is 1. The predicted molar refractivity (Wildman–Crippen MR) is 55.9 cm³/mol. The van der Waals surface area contributed by atoms with Gasteiger partial charge >= 0.3 is 0 Å². The van der Waals surface area contributed by atoms with Crippen LogP contribution in [-0.4, -0.2) is 4.98 Å². The number of hydrogen-bond acceptors (Lipinski definition) is 2. The van der Waals surface area contributed by atoms with Crippen LogP contribution in [0.1, 0.15) is 0 Å². The highest BCUT2D eigenvalue weighted by Crippen LogP contribution is 2.36. The first kappa shape index (κ1) is 8.96. The van der Waals surface area contributed by atoms with E-state index < -0.39 is 0 Å². The summed E-state index contributed by atoms with van der Waals surface area (Å²) in [7, 11) is 0. The van der Waals surface area contributed by atoms with Gasteiger partial charge in [-0.25, -0.2) is 0 Å². The molecular weight excluding hydrogens is 194 g/mol. The number of para-hydroxylation sites is 1. The molecule has 0 radical (unpaired) electrons. The summed E-state index contributed by atoms with van der Waals surface area (Å²) in [4.78, 5) is 8.21. The van der Waals surface area contributed by atoms with Crippen LogP contribution in [0.4, 0.5) is 11.5 Å². The minimum atomic E-state index is 0.233. The van der Waals surface area contributed by atoms with Gasteiger partial charge in [0, 0.05) is 20.7 Å². The number of fused-ring (bicyclic) bond motifs is 1. The van der Waals surface area contributed by atoms with Crippen molar-refractivity contribution in [2.24, 2.45) is 10.2 Å². The average Bonchev–Trinajstić information content (AvgIpc) is 2.59. The Morgan fingerprint density at radius 3 is 2.53 bits per heavy atom. The summed E-state index contributed by atoms with van der Waals surface area (Å²) in [6.07, 6.45) is 0. The van der Waals surface area contributed by atoms with Crippen molar-refractivity contribution in [2.75, 3.05) is 0 Å². The van der Waals surface area contributed by atoms with Crippen LogP contribution in [0.5, 0.6) is 0 Å². The summed E-state index contributed by atoms with van der Waals surface area (Å²) in [5.41, 5.74) is 17.8. The fourth-order valence-electron chi connectivity index (χ4n) is 1.38. The van der Waals surface area contributed by atoms with Crippen molar-refractivity contribution in [2.45, 2.75) is 0 Å². The number of nitrogens with zero attached hydrogens (tertiary/aromatic N) is 6. The Hall–Kier alpha value is -2.62. The molecule has 0 saturated carbocycles. The topological polar surface area (TPSA) is 113 Å². The lowest BCUT2D eigenvalue weighted by Crippen LogP contribution is -1.63. The van der Waals surface area contributed by atoms with Gasteiger partial charge in [-0.1, -0.05) is 23.3 Å². The van der Waals surface area contributed by atoms with Gasteiger partial charge in [0.1, 0.15) is 5.82 Å². The molecule has 0 aliphatic carbocycles. The molecule has 0 atom stereocenters. The molecular formula is C8H5N7. The van der Waals surface area contributed by atoms with Crippen molar-refractivity contribution in [1.82, 2.24) is 4.98 Å². The van der Waals surface area contributed by atoms with E-state index in [1.54, 1.807) is 6.07 Å². The normalized spacial score (nSPS) is 9.33. The van der Waals surface area contributed by atoms with Crippen LogP contribution in [0.2, 0.25) is 0 Å². The Bertz CT molecular complexity index is 598. The van der Waals surface area contributed by atoms with Gasteiger partial charge in [0.05, 0.1) is 5.69 Å². The second kappa shape index (κ2) is 3.63. The molecule has 2 aromatic rings. The van der Waals surface area contributed by atoms with Crippen molar-refractivity contribution in [3.05, 3.63) is 45.2 Å². The minimum absolute atomic E-state index is 0.233. The van der Waals surface area contributed by atoms with Crippen LogP contribution in [0, 0.1) is 0 Å². The number of rotatable bonds is 2. The van der Waals surface area contributed by atoms with Gasteiger partial charge in [0.2, 0.25) is 0 Å². The summed E-state index contributed by atoms with van der Waals surface area (Å²) in [5.74, 6) is 0.233. The van der Waals surface area contributed by atoms with Gasteiger partial charge < -0.3 is 4.98 Å². The molecule has 0 bridgehead atoms. The Morgan fingerprint density at radius 2 is 1.80 bits per heavy atom. The van der Waals surface area contributed by atoms with Crippen LogP contribution >= 0.6 is 0 Å². The van der Waals surface area contributed by atoms with Crippen LogP contribution in [0.15, 0.2) is 34.5 Å². The standard InChI is InChI=1S/C8H5N7/c9-14-12-7-5-3-1-2-4-6(5)11-8(7)13-15-10/h1-4,11H. The smallest absolute Gasteiger partial charge is 0.113 e. The molecule has 2 rings (SSSR count). The molecule has 0 aliphatic rings. The van der Waals surface area contributed by atoms with E-state index in [-0.39, 0.29) is 5.82 Å². The fourth-order valence-corrected chi connectivity index (χ4v) is 1.38. The first-order valence-corrected chi connectivity index (χ1v) is 4.07. The van der Waals surface area contributed by atoms with E-state index >= 15 is 0 Å². The molecule has 0 aliphatic heterocycles. The molecule has 0 saturated heterocycles. The van der Waals surface area contributed by atoms with Crippen LogP contribution in [0.25, 0.3) is 31.8 Å². The molecule has 0 amide bonds. The van der Waals surface area contributed by atoms with Crippen molar-refractivity contribution in [1.29, 1.82) is 0 Å². The third kappa shape index (κ3) is 1.44. The number of aromatic nitrogens is 1. The van der Waals surface area contributed by atoms with E-state index in [0.29, 0.717) is 5.69 Å². The molecule has 72 valence electrons. The summed E-state index contributed by atoms with van der Waals surface area (Å²) in [6, 6.07) is 7.24. The highest BCUT2D eigenvalue weighted by Gasteiger charge is 2.07. The number of hydrogen-bond donors (Lipinski definition) is 1. The lowest BCUT2D eigenvalue weighted by Gasteiger charge is -1.88. The van der Waals surface area contributed by atoms with Crippen LogP contribution < -0.4 is 0 Å². The molecule has 0 spiro atoms. The molecule has 1 aromatic heterocycles. The highest BCUT2D eigenvalue weighted by molar-refractivity contribution is 5.96. The van der Waals surface area contributed by atoms with E-state index in [9.17, 15) is 0 Å². The monoisotopic (exact) mass is 199 g/mol.